The summed E-state index contributed by atoms with van der Waals surface area (Å²) in [5, 5.41) is 0. The van der Waals surface area contributed by atoms with Crippen LogP contribution in [0.25, 0.3) is 0 Å². The molecule has 3 aromatic rings. The van der Waals surface area contributed by atoms with Crippen molar-refractivity contribution in [1.82, 2.24) is 0 Å². The molecule has 1 N–H and O–H groups in total. The number of benzene rings is 3. The molecule has 0 atom stereocenters. The average molecular weight is 527 g/mol. The van der Waals surface area contributed by atoms with E-state index in [2.05, 4.69) is 4.72 Å². The lowest BCUT2D eigenvalue weighted by Crippen LogP contribution is -2.25. The summed E-state index contributed by atoms with van der Waals surface area (Å²) in [5.74, 6) is -3.91. The summed E-state index contributed by atoms with van der Waals surface area (Å²) in [6.07, 6.45) is 1.44. The fourth-order valence-corrected chi connectivity index (χ4v) is 5.36. The maximum Gasteiger partial charge on any atom is 0.340 e. The van der Waals surface area contributed by atoms with Gasteiger partial charge in [-0.2, -0.15) is 0 Å². The first kappa shape index (κ1) is 26.0. The number of likely N-dealkylation sites (N-methyl/N-ethyl adjacent to an activating group) is 1. The number of carbonyl (C=O) groups is 2. The van der Waals surface area contributed by atoms with E-state index in [0.717, 1.165) is 23.0 Å². The molecule has 0 unspecified atom stereocenters. The van der Waals surface area contributed by atoms with Crippen LogP contribution < -0.4 is 9.62 Å². The number of ether oxygens (including phenoxy) is 1. The van der Waals surface area contributed by atoms with Gasteiger partial charge in [-0.15, -0.1) is 0 Å². The van der Waals surface area contributed by atoms with Crippen molar-refractivity contribution in [1.29, 1.82) is 0 Å². The Morgan fingerprint density at radius 1 is 1.00 bits per heavy atom. The maximum absolute atomic E-state index is 13.5. The number of rotatable bonds is 7. The Labute approximate surface area is 213 Å². The van der Waals surface area contributed by atoms with Gasteiger partial charge in [-0.05, 0) is 42.0 Å². The van der Waals surface area contributed by atoms with Gasteiger partial charge in [0.15, 0.2) is 24.0 Å². The Balaban J connectivity index is 1.49. The van der Waals surface area contributed by atoms with Gasteiger partial charge in [0.2, 0.25) is 0 Å². The first-order chi connectivity index (χ1) is 17.4. The van der Waals surface area contributed by atoms with Gasteiger partial charge in [0, 0.05) is 29.9 Å². The van der Waals surface area contributed by atoms with Gasteiger partial charge in [-0.25, -0.2) is 22.0 Å². The minimum Gasteiger partial charge on any atom is -0.454 e. The molecule has 192 valence electrons. The highest BCUT2D eigenvalue weighted by Crippen LogP contribution is 2.46. The summed E-state index contributed by atoms with van der Waals surface area (Å²) < 4.78 is 59.4. The van der Waals surface area contributed by atoms with Crippen LogP contribution in [-0.2, 0) is 25.0 Å². The topological polar surface area (TPSA) is 92.8 Å². The second kappa shape index (κ2) is 9.78. The van der Waals surface area contributed by atoms with Gasteiger partial charge < -0.3 is 9.64 Å². The summed E-state index contributed by atoms with van der Waals surface area (Å²) in [7, 11) is -2.49. The van der Waals surface area contributed by atoms with E-state index in [9.17, 15) is 26.8 Å². The molecule has 0 fully saturated rings. The van der Waals surface area contributed by atoms with Gasteiger partial charge in [0.1, 0.15) is 0 Å². The highest BCUT2D eigenvalue weighted by molar-refractivity contribution is 7.92. The van der Waals surface area contributed by atoms with Crippen LogP contribution in [0.4, 0.5) is 20.2 Å². The molecule has 4 rings (SSSR count). The number of halogens is 2. The maximum atomic E-state index is 13.5. The number of para-hydroxylation sites is 2. The van der Waals surface area contributed by atoms with Gasteiger partial charge in [0.05, 0.1) is 16.1 Å². The largest absolute Gasteiger partial charge is 0.454 e. The zero-order chi connectivity index (χ0) is 27.0. The molecular formula is C27H24F2N2O5S. The first-order valence-corrected chi connectivity index (χ1v) is 12.7. The fourth-order valence-electron chi connectivity index (χ4n) is 4.27. The van der Waals surface area contributed by atoms with Crippen molar-refractivity contribution in [3.63, 3.8) is 0 Å². The van der Waals surface area contributed by atoms with Gasteiger partial charge in [-0.3, -0.25) is 9.52 Å². The SMILES string of the molecule is CN1C(=CC(=O)COC(=O)c2ccccc2NS(=O)(=O)c2ccc(F)c(F)c2)C(C)(C)c2ccccc21. The minimum atomic E-state index is -4.35. The Bertz CT molecular complexity index is 1530. The molecule has 0 aromatic heterocycles. The number of esters is 1. The van der Waals surface area contributed by atoms with Crippen molar-refractivity contribution in [3.05, 3.63) is 101 Å². The molecule has 0 aliphatic carbocycles. The van der Waals surface area contributed by atoms with Crippen molar-refractivity contribution < 1.29 is 31.5 Å². The average Bonchev–Trinajstić information content (AvgIpc) is 3.05. The molecule has 0 amide bonds. The number of ketones is 1. The lowest BCUT2D eigenvalue weighted by atomic mass is 9.83. The smallest absolute Gasteiger partial charge is 0.340 e. The quantitative estimate of drug-likeness (QED) is 0.351. The number of hydrogen-bond donors (Lipinski definition) is 1. The molecule has 0 radical (unpaired) electrons. The van der Waals surface area contributed by atoms with Crippen molar-refractivity contribution in [2.24, 2.45) is 0 Å². The summed E-state index contributed by atoms with van der Waals surface area (Å²) in [6, 6.07) is 15.5. The molecule has 0 spiro atoms. The van der Waals surface area contributed by atoms with Crippen LogP contribution in [0.2, 0.25) is 0 Å². The number of hydrogen-bond acceptors (Lipinski definition) is 6. The Hall–Kier alpha value is -4.05. The van der Waals surface area contributed by atoms with Crippen molar-refractivity contribution >= 4 is 33.2 Å². The molecule has 1 heterocycles. The summed E-state index contributed by atoms with van der Waals surface area (Å²) in [4.78, 5) is 26.9. The third-order valence-corrected chi connectivity index (χ3v) is 7.54. The predicted octanol–water partition coefficient (Wildman–Crippen LogP) is 4.80. The number of anilines is 2. The standard InChI is InChI=1S/C27H24F2N2O5S/c1-27(2)20-9-5-7-11-24(20)31(3)25(27)14-17(32)16-36-26(33)19-8-4-6-10-23(19)30-37(34,35)18-12-13-21(28)22(29)15-18/h4-15,30H,16H2,1-3H3. The number of carbonyl (C=O) groups excluding carboxylic acids is 2. The van der Waals surface area contributed by atoms with E-state index in [-0.39, 0.29) is 11.3 Å². The third kappa shape index (κ3) is 5.10. The van der Waals surface area contributed by atoms with E-state index < -0.39 is 50.3 Å². The lowest BCUT2D eigenvalue weighted by molar-refractivity contribution is -0.117. The number of sulfonamides is 1. The number of allylic oxidation sites excluding steroid dienone is 1. The Morgan fingerprint density at radius 2 is 1.68 bits per heavy atom. The zero-order valence-electron chi connectivity index (χ0n) is 20.3. The van der Waals surface area contributed by atoms with E-state index in [1.54, 1.807) is 0 Å². The normalized spacial score (nSPS) is 15.4. The monoisotopic (exact) mass is 526 g/mol. The molecule has 1 aliphatic rings. The predicted molar refractivity (Wildman–Crippen MR) is 135 cm³/mol. The zero-order valence-corrected chi connectivity index (χ0v) is 21.1. The van der Waals surface area contributed by atoms with E-state index in [1.165, 1.54) is 30.3 Å². The molecule has 1 aliphatic heterocycles. The molecule has 0 saturated carbocycles. The van der Waals surface area contributed by atoms with Crippen molar-refractivity contribution in [3.8, 4) is 0 Å². The van der Waals surface area contributed by atoms with Crippen LogP contribution in [0, 0.1) is 11.6 Å². The Morgan fingerprint density at radius 3 is 2.38 bits per heavy atom. The molecule has 0 bridgehead atoms. The third-order valence-electron chi connectivity index (χ3n) is 6.18. The Kier molecular flexibility index (Phi) is 6.88. The van der Waals surface area contributed by atoms with E-state index in [4.69, 9.17) is 4.74 Å². The lowest BCUT2D eigenvalue weighted by Gasteiger charge is -2.23. The molecule has 7 nitrogen and oxygen atoms in total. The second-order valence-electron chi connectivity index (χ2n) is 9.00. The summed E-state index contributed by atoms with van der Waals surface area (Å²) in [6.45, 7) is 3.43. The molecule has 3 aromatic carbocycles. The number of fused-ring (bicyclic) bond motifs is 1. The van der Waals surface area contributed by atoms with Crippen LogP contribution in [0.5, 0.6) is 0 Å². The van der Waals surface area contributed by atoms with Crippen molar-refractivity contribution in [2.75, 3.05) is 23.3 Å². The van der Waals surface area contributed by atoms with Crippen LogP contribution in [-0.4, -0.2) is 33.8 Å². The van der Waals surface area contributed by atoms with Gasteiger partial charge in [-0.1, -0.05) is 44.2 Å². The summed E-state index contributed by atoms with van der Waals surface area (Å²) in [5.41, 5.74) is 2.06. The fraction of sp³-hybridized carbons (Fsp3) is 0.185. The van der Waals surface area contributed by atoms with E-state index in [1.807, 2.05) is 50.1 Å². The highest BCUT2D eigenvalue weighted by atomic mass is 32.2. The minimum absolute atomic E-state index is 0.143. The molecular weight excluding hydrogens is 502 g/mol. The van der Waals surface area contributed by atoms with Crippen LogP contribution in [0.3, 0.4) is 0 Å². The van der Waals surface area contributed by atoms with Crippen molar-refractivity contribution in [2.45, 2.75) is 24.2 Å². The summed E-state index contributed by atoms with van der Waals surface area (Å²) >= 11 is 0. The number of nitrogens with one attached hydrogen (secondary N) is 1. The molecule has 37 heavy (non-hydrogen) atoms. The van der Waals surface area contributed by atoms with Crippen LogP contribution in [0.1, 0.15) is 29.8 Å². The highest BCUT2D eigenvalue weighted by Gasteiger charge is 2.38. The van der Waals surface area contributed by atoms with Gasteiger partial charge >= 0.3 is 5.97 Å². The molecule has 0 saturated heterocycles. The van der Waals surface area contributed by atoms with Gasteiger partial charge in [0.25, 0.3) is 10.0 Å². The van der Waals surface area contributed by atoms with E-state index >= 15 is 0 Å². The van der Waals surface area contributed by atoms with E-state index in [0.29, 0.717) is 12.1 Å². The van der Waals surface area contributed by atoms with Crippen LogP contribution >= 0.6 is 0 Å². The first-order valence-electron chi connectivity index (χ1n) is 11.2. The van der Waals surface area contributed by atoms with Crippen LogP contribution in [0.15, 0.2) is 83.4 Å². The number of nitrogens with zero attached hydrogens (tertiary/aromatic N) is 1. The molecule has 10 heteroatoms. The second-order valence-corrected chi connectivity index (χ2v) is 10.7.